The SMILES string of the molecule is C=CCCCCCCC(=C)NC(N)=O. The van der Waals surface area contributed by atoms with Gasteiger partial charge in [0.15, 0.2) is 0 Å². The number of nitrogens with one attached hydrogen (secondary N) is 1. The Morgan fingerprint density at radius 2 is 1.93 bits per heavy atom. The Morgan fingerprint density at radius 1 is 1.29 bits per heavy atom. The number of rotatable bonds is 8. The largest absolute Gasteiger partial charge is 0.351 e. The van der Waals surface area contributed by atoms with Crippen molar-refractivity contribution in [3.05, 3.63) is 24.9 Å². The highest BCUT2D eigenvalue weighted by Crippen LogP contribution is 2.08. The van der Waals surface area contributed by atoms with Gasteiger partial charge in [-0.2, -0.15) is 0 Å². The smallest absolute Gasteiger partial charge is 0.316 e. The summed E-state index contributed by atoms with van der Waals surface area (Å²) in [5.41, 5.74) is 5.65. The quantitative estimate of drug-likeness (QED) is 0.455. The van der Waals surface area contributed by atoms with E-state index in [0.29, 0.717) is 5.70 Å². The topological polar surface area (TPSA) is 55.1 Å². The molecule has 0 saturated carbocycles. The van der Waals surface area contributed by atoms with Gasteiger partial charge in [0.25, 0.3) is 0 Å². The first-order valence-corrected chi connectivity index (χ1v) is 5.02. The second-order valence-electron chi connectivity index (χ2n) is 3.33. The van der Waals surface area contributed by atoms with Gasteiger partial charge in [0.2, 0.25) is 0 Å². The van der Waals surface area contributed by atoms with Gasteiger partial charge in [0.05, 0.1) is 0 Å². The Hall–Kier alpha value is -1.25. The van der Waals surface area contributed by atoms with E-state index in [1.54, 1.807) is 0 Å². The zero-order valence-electron chi connectivity index (χ0n) is 8.72. The second-order valence-corrected chi connectivity index (χ2v) is 3.33. The van der Waals surface area contributed by atoms with Gasteiger partial charge in [-0.15, -0.1) is 6.58 Å². The van der Waals surface area contributed by atoms with Crippen LogP contribution in [0.3, 0.4) is 0 Å². The molecule has 3 N–H and O–H groups in total. The molecule has 0 heterocycles. The standard InChI is InChI=1S/C11H20N2O/c1-3-4-5-6-7-8-9-10(2)13-11(12)14/h3H,1-2,4-9H2,(H3,12,13,14). The number of nitrogens with two attached hydrogens (primary N) is 1. The van der Waals surface area contributed by atoms with E-state index in [0.717, 1.165) is 25.7 Å². The average Bonchev–Trinajstić information content (AvgIpc) is 2.10. The van der Waals surface area contributed by atoms with Crippen LogP contribution in [0.15, 0.2) is 24.9 Å². The Balaban J connectivity index is 3.23. The highest BCUT2D eigenvalue weighted by atomic mass is 16.2. The lowest BCUT2D eigenvalue weighted by Gasteiger charge is -2.04. The highest BCUT2D eigenvalue weighted by molar-refractivity contribution is 5.73. The monoisotopic (exact) mass is 196 g/mol. The lowest BCUT2D eigenvalue weighted by atomic mass is 10.1. The van der Waals surface area contributed by atoms with E-state index >= 15 is 0 Å². The minimum absolute atomic E-state index is 0.526. The molecule has 0 spiro atoms. The number of primary amides is 1. The number of allylic oxidation sites excluding steroid dienone is 2. The summed E-state index contributed by atoms with van der Waals surface area (Å²) in [7, 11) is 0. The van der Waals surface area contributed by atoms with E-state index in [1.165, 1.54) is 12.8 Å². The van der Waals surface area contributed by atoms with E-state index in [-0.39, 0.29) is 0 Å². The van der Waals surface area contributed by atoms with E-state index in [2.05, 4.69) is 18.5 Å². The van der Waals surface area contributed by atoms with Crippen LogP contribution in [0.25, 0.3) is 0 Å². The molecule has 0 radical (unpaired) electrons. The number of hydrogen-bond donors (Lipinski definition) is 2. The number of hydrogen-bond acceptors (Lipinski definition) is 1. The minimum Gasteiger partial charge on any atom is -0.351 e. The molecule has 3 heteroatoms. The lowest BCUT2D eigenvalue weighted by molar-refractivity contribution is 0.251. The number of unbranched alkanes of at least 4 members (excludes halogenated alkanes) is 4. The molecule has 0 aromatic carbocycles. The van der Waals surface area contributed by atoms with Gasteiger partial charge in [0, 0.05) is 5.70 Å². The normalized spacial score (nSPS) is 9.43. The molecule has 2 amide bonds. The van der Waals surface area contributed by atoms with Crippen molar-refractivity contribution in [1.29, 1.82) is 0 Å². The number of amides is 2. The van der Waals surface area contributed by atoms with Crippen LogP contribution in [0.4, 0.5) is 4.79 Å². The summed E-state index contributed by atoms with van der Waals surface area (Å²) in [5, 5.41) is 2.47. The molecule has 0 aromatic rings. The van der Waals surface area contributed by atoms with Crippen molar-refractivity contribution in [1.82, 2.24) is 5.32 Å². The molecule has 80 valence electrons. The molecule has 0 aliphatic rings. The Bertz CT molecular complexity index is 199. The summed E-state index contributed by atoms with van der Waals surface area (Å²) >= 11 is 0. The number of urea groups is 1. The van der Waals surface area contributed by atoms with E-state index < -0.39 is 6.03 Å². The third kappa shape index (κ3) is 8.84. The minimum atomic E-state index is -0.526. The van der Waals surface area contributed by atoms with Crippen molar-refractivity contribution < 1.29 is 4.79 Å². The summed E-state index contributed by atoms with van der Waals surface area (Å²) in [4.78, 5) is 10.4. The maximum absolute atomic E-state index is 10.4. The summed E-state index contributed by atoms with van der Waals surface area (Å²) in [6, 6.07) is -0.526. The third-order valence-electron chi connectivity index (χ3n) is 1.94. The highest BCUT2D eigenvalue weighted by Gasteiger charge is 1.96. The van der Waals surface area contributed by atoms with Crippen molar-refractivity contribution in [2.75, 3.05) is 0 Å². The van der Waals surface area contributed by atoms with E-state index in [1.807, 2.05) is 6.08 Å². The van der Waals surface area contributed by atoms with Crippen LogP contribution < -0.4 is 11.1 Å². The van der Waals surface area contributed by atoms with Gasteiger partial charge in [-0.05, 0) is 25.7 Å². The lowest BCUT2D eigenvalue weighted by Crippen LogP contribution is -2.28. The summed E-state index contributed by atoms with van der Waals surface area (Å²) in [6.45, 7) is 7.36. The van der Waals surface area contributed by atoms with Gasteiger partial charge in [0.1, 0.15) is 0 Å². The van der Waals surface area contributed by atoms with Crippen LogP contribution in [0, 0.1) is 0 Å². The van der Waals surface area contributed by atoms with Crippen LogP contribution in [0.5, 0.6) is 0 Å². The maximum atomic E-state index is 10.4. The van der Waals surface area contributed by atoms with Crippen LogP contribution in [0.2, 0.25) is 0 Å². The molecule has 0 atom stereocenters. The predicted molar refractivity (Wildman–Crippen MR) is 59.8 cm³/mol. The van der Waals surface area contributed by atoms with E-state index in [4.69, 9.17) is 5.73 Å². The van der Waals surface area contributed by atoms with Crippen LogP contribution in [-0.4, -0.2) is 6.03 Å². The summed E-state index contributed by atoms with van der Waals surface area (Å²) in [6.07, 6.45) is 8.45. The molecule has 0 saturated heterocycles. The van der Waals surface area contributed by atoms with Crippen molar-refractivity contribution in [2.45, 2.75) is 38.5 Å². The van der Waals surface area contributed by atoms with Crippen molar-refractivity contribution in [2.24, 2.45) is 5.73 Å². The first-order chi connectivity index (χ1) is 6.66. The van der Waals surface area contributed by atoms with Gasteiger partial charge in [-0.1, -0.05) is 25.5 Å². The number of carbonyl (C=O) groups excluding carboxylic acids is 1. The molecule has 0 bridgehead atoms. The zero-order valence-corrected chi connectivity index (χ0v) is 8.72. The second kappa shape index (κ2) is 8.35. The molecule has 0 aliphatic heterocycles. The molecular formula is C11H20N2O. The fraction of sp³-hybridized carbons (Fsp3) is 0.545. The predicted octanol–water partition coefficient (Wildman–Crippen LogP) is 2.69. The van der Waals surface area contributed by atoms with Crippen LogP contribution >= 0.6 is 0 Å². The molecule has 3 nitrogen and oxygen atoms in total. The molecule has 0 fully saturated rings. The average molecular weight is 196 g/mol. The molecule has 0 rings (SSSR count). The van der Waals surface area contributed by atoms with Crippen LogP contribution in [-0.2, 0) is 0 Å². The fourth-order valence-electron chi connectivity index (χ4n) is 1.22. The van der Waals surface area contributed by atoms with Gasteiger partial charge < -0.3 is 11.1 Å². The van der Waals surface area contributed by atoms with Crippen molar-refractivity contribution in [3.8, 4) is 0 Å². The van der Waals surface area contributed by atoms with Crippen LogP contribution in [0.1, 0.15) is 38.5 Å². The molecule has 0 aromatic heterocycles. The molecule has 0 unspecified atom stereocenters. The van der Waals surface area contributed by atoms with Gasteiger partial charge in [-0.3, -0.25) is 0 Å². The van der Waals surface area contributed by atoms with Crippen molar-refractivity contribution in [3.63, 3.8) is 0 Å². The van der Waals surface area contributed by atoms with Crippen molar-refractivity contribution >= 4 is 6.03 Å². The summed E-state index contributed by atoms with van der Waals surface area (Å²) < 4.78 is 0. The molecule has 14 heavy (non-hydrogen) atoms. The van der Waals surface area contributed by atoms with Gasteiger partial charge >= 0.3 is 6.03 Å². The maximum Gasteiger partial charge on any atom is 0.316 e. The van der Waals surface area contributed by atoms with Gasteiger partial charge in [-0.25, -0.2) is 4.79 Å². The summed E-state index contributed by atoms with van der Waals surface area (Å²) in [5.74, 6) is 0. The molecular weight excluding hydrogens is 176 g/mol. The fourth-order valence-corrected chi connectivity index (χ4v) is 1.22. The van der Waals surface area contributed by atoms with E-state index in [9.17, 15) is 4.79 Å². The first-order valence-electron chi connectivity index (χ1n) is 5.02. The zero-order chi connectivity index (χ0) is 10.8. The Kier molecular flexibility index (Phi) is 7.61. The third-order valence-corrected chi connectivity index (χ3v) is 1.94. The Morgan fingerprint density at radius 3 is 2.50 bits per heavy atom. The number of carbonyl (C=O) groups is 1. The Labute approximate surface area is 86.1 Å². The first kappa shape index (κ1) is 12.8. The molecule has 0 aliphatic carbocycles.